The molecule has 0 amide bonds. The number of hydrogen-bond acceptors (Lipinski definition) is 4. The highest BCUT2D eigenvalue weighted by Gasteiger charge is 2.45. The van der Waals surface area contributed by atoms with Gasteiger partial charge in [-0.3, -0.25) is 4.79 Å². The van der Waals surface area contributed by atoms with E-state index in [0.717, 1.165) is 6.54 Å². The molecule has 1 aliphatic rings. The zero-order valence-corrected chi connectivity index (χ0v) is 12.1. The van der Waals surface area contributed by atoms with E-state index in [4.69, 9.17) is 16.7 Å². The predicted octanol–water partition coefficient (Wildman–Crippen LogP) is 1.74. The standard InChI is InChI=1S/C13H20ClN3O2/c1-9(2)13(3-4-13)8-15-10-7-16-17(5-6-18)12(19)11(10)14/h7,9,15,18H,3-6,8H2,1-2H3. The lowest BCUT2D eigenvalue weighted by Gasteiger charge is -2.21. The average Bonchev–Trinajstić information content (AvgIpc) is 3.15. The van der Waals surface area contributed by atoms with Gasteiger partial charge in [-0.2, -0.15) is 5.10 Å². The fourth-order valence-corrected chi connectivity index (χ4v) is 2.45. The van der Waals surface area contributed by atoms with E-state index < -0.39 is 0 Å². The zero-order valence-electron chi connectivity index (χ0n) is 11.3. The Morgan fingerprint density at radius 2 is 2.26 bits per heavy atom. The van der Waals surface area contributed by atoms with E-state index in [9.17, 15) is 4.79 Å². The first-order valence-corrected chi connectivity index (χ1v) is 6.98. The van der Waals surface area contributed by atoms with Gasteiger partial charge in [0, 0.05) is 6.54 Å². The summed E-state index contributed by atoms with van der Waals surface area (Å²) in [5, 5.41) is 16.2. The van der Waals surface area contributed by atoms with Crippen molar-refractivity contribution in [2.45, 2.75) is 33.2 Å². The fourth-order valence-electron chi connectivity index (χ4n) is 2.23. The number of halogens is 1. The van der Waals surface area contributed by atoms with Crippen LogP contribution in [0.1, 0.15) is 26.7 Å². The first-order chi connectivity index (χ1) is 9.00. The number of anilines is 1. The third kappa shape index (κ3) is 2.92. The van der Waals surface area contributed by atoms with E-state index in [1.165, 1.54) is 17.5 Å². The van der Waals surface area contributed by atoms with Crippen molar-refractivity contribution in [1.29, 1.82) is 0 Å². The molecule has 1 heterocycles. The maximum Gasteiger partial charge on any atom is 0.287 e. The molecular formula is C13H20ClN3O2. The highest BCUT2D eigenvalue weighted by Crippen LogP contribution is 2.51. The van der Waals surface area contributed by atoms with Crippen LogP contribution in [0.3, 0.4) is 0 Å². The molecule has 1 aromatic rings. The van der Waals surface area contributed by atoms with Crippen molar-refractivity contribution in [2.75, 3.05) is 18.5 Å². The summed E-state index contributed by atoms with van der Waals surface area (Å²) < 4.78 is 1.17. The van der Waals surface area contributed by atoms with Gasteiger partial charge in [-0.05, 0) is 24.2 Å². The molecule has 0 unspecified atom stereocenters. The Balaban J connectivity index is 2.10. The van der Waals surface area contributed by atoms with Crippen LogP contribution in [0.15, 0.2) is 11.0 Å². The summed E-state index contributed by atoms with van der Waals surface area (Å²) in [6.45, 7) is 5.28. The van der Waals surface area contributed by atoms with Gasteiger partial charge in [-0.1, -0.05) is 25.4 Å². The van der Waals surface area contributed by atoms with Gasteiger partial charge < -0.3 is 10.4 Å². The second-order valence-corrected chi connectivity index (χ2v) is 5.87. The maximum absolute atomic E-state index is 11.9. The first-order valence-electron chi connectivity index (χ1n) is 6.60. The Hall–Kier alpha value is -1.07. The van der Waals surface area contributed by atoms with E-state index >= 15 is 0 Å². The third-order valence-electron chi connectivity index (χ3n) is 4.04. The number of hydrogen-bond donors (Lipinski definition) is 2. The van der Waals surface area contributed by atoms with Gasteiger partial charge >= 0.3 is 0 Å². The van der Waals surface area contributed by atoms with Crippen LogP contribution in [0.5, 0.6) is 0 Å². The second-order valence-electron chi connectivity index (χ2n) is 5.49. The van der Waals surface area contributed by atoms with Crippen molar-refractivity contribution in [2.24, 2.45) is 11.3 Å². The molecule has 1 aromatic heterocycles. The maximum atomic E-state index is 11.9. The van der Waals surface area contributed by atoms with Crippen LogP contribution in [0.4, 0.5) is 5.69 Å². The van der Waals surface area contributed by atoms with Gasteiger partial charge in [0.25, 0.3) is 5.56 Å². The summed E-state index contributed by atoms with van der Waals surface area (Å²) in [6, 6.07) is 0. The summed E-state index contributed by atoms with van der Waals surface area (Å²) in [6.07, 6.45) is 3.98. The Kier molecular flexibility index (Phi) is 4.16. The van der Waals surface area contributed by atoms with Crippen molar-refractivity contribution in [3.63, 3.8) is 0 Å². The SMILES string of the molecule is CC(C)C1(CNc2cnn(CCO)c(=O)c2Cl)CC1. The molecule has 0 aliphatic heterocycles. The molecule has 0 bridgehead atoms. The van der Waals surface area contributed by atoms with Gasteiger partial charge in [-0.15, -0.1) is 0 Å². The predicted molar refractivity (Wildman–Crippen MR) is 75.6 cm³/mol. The van der Waals surface area contributed by atoms with Crippen LogP contribution >= 0.6 is 11.6 Å². The Morgan fingerprint density at radius 1 is 1.58 bits per heavy atom. The van der Waals surface area contributed by atoms with Crippen LogP contribution in [0.2, 0.25) is 5.02 Å². The van der Waals surface area contributed by atoms with E-state index in [1.807, 2.05) is 0 Å². The van der Waals surface area contributed by atoms with E-state index in [1.54, 1.807) is 6.20 Å². The average molecular weight is 286 g/mol. The monoisotopic (exact) mass is 285 g/mol. The van der Waals surface area contributed by atoms with Crippen LogP contribution in [0, 0.1) is 11.3 Å². The molecule has 2 N–H and O–H groups in total. The lowest BCUT2D eigenvalue weighted by atomic mass is 9.92. The van der Waals surface area contributed by atoms with Crippen molar-refractivity contribution in [3.05, 3.63) is 21.6 Å². The number of rotatable bonds is 6. The van der Waals surface area contributed by atoms with E-state index in [-0.39, 0.29) is 23.7 Å². The van der Waals surface area contributed by atoms with Crippen LogP contribution in [-0.4, -0.2) is 28.0 Å². The normalized spacial score (nSPS) is 16.7. The lowest BCUT2D eigenvalue weighted by molar-refractivity contribution is 0.266. The minimum atomic E-state index is -0.366. The van der Waals surface area contributed by atoms with Crippen LogP contribution in [-0.2, 0) is 6.54 Å². The molecular weight excluding hydrogens is 266 g/mol. The quantitative estimate of drug-likeness (QED) is 0.835. The minimum absolute atomic E-state index is 0.132. The summed E-state index contributed by atoms with van der Waals surface area (Å²) in [7, 11) is 0. The lowest BCUT2D eigenvalue weighted by Crippen LogP contribution is -2.27. The van der Waals surface area contributed by atoms with Crippen molar-refractivity contribution in [3.8, 4) is 0 Å². The smallest absolute Gasteiger partial charge is 0.287 e. The van der Waals surface area contributed by atoms with Crippen LogP contribution in [0.25, 0.3) is 0 Å². The van der Waals surface area contributed by atoms with Crippen LogP contribution < -0.4 is 10.9 Å². The summed E-state index contributed by atoms with van der Waals surface area (Å²) in [4.78, 5) is 11.9. The summed E-state index contributed by atoms with van der Waals surface area (Å²) in [5.41, 5.74) is 0.548. The molecule has 1 saturated carbocycles. The zero-order chi connectivity index (χ0) is 14.0. The van der Waals surface area contributed by atoms with Crippen molar-refractivity contribution < 1.29 is 5.11 Å². The van der Waals surface area contributed by atoms with Crippen molar-refractivity contribution >= 4 is 17.3 Å². The molecule has 2 rings (SSSR count). The van der Waals surface area contributed by atoms with Crippen molar-refractivity contribution in [1.82, 2.24) is 9.78 Å². The van der Waals surface area contributed by atoms with E-state index in [2.05, 4.69) is 24.3 Å². The molecule has 6 heteroatoms. The molecule has 1 fully saturated rings. The Morgan fingerprint density at radius 3 is 2.79 bits per heavy atom. The number of aliphatic hydroxyl groups excluding tert-OH is 1. The number of nitrogens with one attached hydrogen (secondary N) is 1. The van der Waals surface area contributed by atoms with E-state index in [0.29, 0.717) is 17.0 Å². The van der Waals surface area contributed by atoms with Gasteiger partial charge in [0.15, 0.2) is 0 Å². The molecule has 106 valence electrons. The second kappa shape index (κ2) is 5.51. The Labute approximate surface area is 117 Å². The largest absolute Gasteiger partial charge is 0.394 e. The summed E-state index contributed by atoms with van der Waals surface area (Å²) in [5.74, 6) is 0.612. The molecule has 0 saturated heterocycles. The van der Waals surface area contributed by atoms with Gasteiger partial charge in [0.05, 0.1) is 25.0 Å². The molecule has 0 aromatic carbocycles. The topological polar surface area (TPSA) is 67.2 Å². The molecule has 19 heavy (non-hydrogen) atoms. The van der Waals surface area contributed by atoms with Gasteiger partial charge in [0.2, 0.25) is 0 Å². The molecule has 0 spiro atoms. The number of aromatic nitrogens is 2. The van der Waals surface area contributed by atoms with Gasteiger partial charge in [-0.25, -0.2) is 4.68 Å². The number of nitrogens with zero attached hydrogens (tertiary/aromatic N) is 2. The highest BCUT2D eigenvalue weighted by atomic mass is 35.5. The molecule has 5 nitrogen and oxygen atoms in total. The minimum Gasteiger partial charge on any atom is -0.394 e. The molecule has 0 radical (unpaired) electrons. The molecule has 0 atom stereocenters. The number of aliphatic hydroxyl groups is 1. The fraction of sp³-hybridized carbons (Fsp3) is 0.692. The van der Waals surface area contributed by atoms with Gasteiger partial charge in [0.1, 0.15) is 5.02 Å². The summed E-state index contributed by atoms with van der Waals surface area (Å²) >= 11 is 6.05. The Bertz CT molecular complexity index is 509. The highest BCUT2D eigenvalue weighted by molar-refractivity contribution is 6.32. The molecule has 1 aliphatic carbocycles. The third-order valence-corrected chi connectivity index (χ3v) is 4.41. The first kappa shape index (κ1) is 14.3.